The molecule has 0 saturated heterocycles. The van der Waals surface area contributed by atoms with Gasteiger partial charge in [-0.2, -0.15) is 0 Å². The molecule has 0 atom stereocenters. The van der Waals surface area contributed by atoms with E-state index in [0.29, 0.717) is 35.7 Å². The molecule has 2 aromatic rings. The smallest absolute Gasteiger partial charge is 0.341 e. The summed E-state index contributed by atoms with van der Waals surface area (Å²) in [5, 5.41) is 9.53. The Morgan fingerprint density at radius 2 is 2.14 bits per heavy atom. The van der Waals surface area contributed by atoms with E-state index in [-0.39, 0.29) is 5.75 Å². The van der Waals surface area contributed by atoms with E-state index in [0.717, 1.165) is 6.42 Å². The third-order valence-corrected chi connectivity index (χ3v) is 2.95. The maximum absolute atomic E-state index is 11.9. The molecule has 0 radical (unpaired) electrons. The minimum Gasteiger partial charge on any atom is -0.508 e. The number of aromatic nitrogens is 2. The summed E-state index contributed by atoms with van der Waals surface area (Å²) >= 11 is 0. The normalized spacial score (nSPS) is 10.4. The van der Waals surface area contributed by atoms with Gasteiger partial charge in [-0.05, 0) is 25.5 Å². The van der Waals surface area contributed by atoms with Crippen LogP contribution in [-0.4, -0.2) is 27.7 Å². The second kappa shape index (κ2) is 6.83. The van der Waals surface area contributed by atoms with Crippen LogP contribution in [0.3, 0.4) is 0 Å². The Morgan fingerprint density at radius 1 is 1.33 bits per heavy atom. The number of benzene rings is 1. The lowest BCUT2D eigenvalue weighted by atomic mass is 10.1. The van der Waals surface area contributed by atoms with Gasteiger partial charge in [-0.1, -0.05) is 25.5 Å². The first-order valence-electron chi connectivity index (χ1n) is 6.98. The lowest BCUT2D eigenvalue weighted by Gasteiger charge is -2.09. The number of hydrogen-bond acceptors (Lipinski definition) is 5. The van der Waals surface area contributed by atoms with Crippen molar-refractivity contribution in [1.82, 2.24) is 9.97 Å². The topological polar surface area (TPSA) is 72.3 Å². The van der Waals surface area contributed by atoms with Crippen molar-refractivity contribution >= 4 is 5.97 Å². The van der Waals surface area contributed by atoms with Crippen LogP contribution < -0.4 is 0 Å². The Labute approximate surface area is 123 Å². The highest BCUT2D eigenvalue weighted by Crippen LogP contribution is 2.21. The number of phenols is 1. The van der Waals surface area contributed by atoms with E-state index in [1.54, 1.807) is 25.1 Å². The molecule has 1 N–H and O–H groups in total. The van der Waals surface area contributed by atoms with Gasteiger partial charge in [-0.25, -0.2) is 14.8 Å². The zero-order valence-corrected chi connectivity index (χ0v) is 12.2. The number of phenolic OH excluding ortho intramolecular Hbond substituents is 1. The zero-order chi connectivity index (χ0) is 15.2. The van der Waals surface area contributed by atoms with Gasteiger partial charge in [0.2, 0.25) is 0 Å². The molecule has 1 heterocycles. The van der Waals surface area contributed by atoms with E-state index in [4.69, 9.17) is 4.74 Å². The number of nitrogens with zero attached hydrogens (tertiary/aromatic N) is 2. The van der Waals surface area contributed by atoms with Gasteiger partial charge in [0.1, 0.15) is 5.75 Å². The predicted octanol–water partition coefficient (Wildman–Crippen LogP) is 2.98. The number of ether oxygens (including phenoxy) is 1. The number of carbonyl (C=O) groups excluding carboxylic acids is 1. The fourth-order valence-electron chi connectivity index (χ4n) is 2.01. The first-order chi connectivity index (χ1) is 10.2. The van der Waals surface area contributed by atoms with Gasteiger partial charge >= 0.3 is 5.97 Å². The number of rotatable bonds is 5. The molecule has 0 amide bonds. The predicted molar refractivity (Wildman–Crippen MR) is 79.1 cm³/mol. The Kier molecular flexibility index (Phi) is 4.87. The lowest BCUT2D eigenvalue weighted by Crippen LogP contribution is -2.11. The highest BCUT2D eigenvalue weighted by molar-refractivity contribution is 5.90. The van der Waals surface area contributed by atoms with Crippen molar-refractivity contribution in [2.24, 2.45) is 0 Å². The zero-order valence-electron chi connectivity index (χ0n) is 12.2. The van der Waals surface area contributed by atoms with Crippen LogP contribution in [0.1, 0.15) is 36.3 Å². The summed E-state index contributed by atoms with van der Waals surface area (Å²) in [5.41, 5.74) is 1.79. The molecular formula is C16H18N2O3. The first kappa shape index (κ1) is 15.0. The van der Waals surface area contributed by atoms with Crippen molar-refractivity contribution in [2.45, 2.75) is 26.7 Å². The van der Waals surface area contributed by atoms with Gasteiger partial charge in [-0.3, -0.25) is 0 Å². The van der Waals surface area contributed by atoms with Gasteiger partial charge in [-0.15, -0.1) is 0 Å². The Hall–Kier alpha value is -2.43. The van der Waals surface area contributed by atoms with Crippen LogP contribution in [-0.2, 0) is 11.2 Å². The number of aromatic hydroxyl groups is 1. The summed E-state index contributed by atoms with van der Waals surface area (Å²) in [7, 11) is 0. The number of carbonyl (C=O) groups is 1. The molecule has 0 fully saturated rings. The lowest BCUT2D eigenvalue weighted by molar-refractivity contribution is 0.0524. The molecule has 0 aliphatic heterocycles. The fraction of sp³-hybridized carbons (Fsp3) is 0.312. The van der Waals surface area contributed by atoms with Gasteiger partial charge < -0.3 is 9.84 Å². The van der Waals surface area contributed by atoms with Crippen LogP contribution in [0.25, 0.3) is 11.4 Å². The minimum absolute atomic E-state index is 0.155. The Morgan fingerprint density at radius 3 is 2.81 bits per heavy atom. The summed E-state index contributed by atoms with van der Waals surface area (Å²) < 4.78 is 5.02. The first-order valence-corrected chi connectivity index (χ1v) is 6.98. The van der Waals surface area contributed by atoms with Gasteiger partial charge in [0.05, 0.1) is 17.9 Å². The summed E-state index contributed by atoms with van der Waals surface area (Å²) in [5.74, 6) is 0.244. The minimum atomic E-state index is -0.400. The van der Waals surface area contributed by atoms with Crippen molar-refractivity contribution < 1.29 is 14.6 Å². The maximum Gasteiger partial charge on any atom is 0.341 e. The fourth-order valence-corrected chi connectivity index (χ4v) is 2.01. The molecule has 0 unspecified atom stereocenters. The van der Waals surface area contributed by atoms with E-state index in [2.05, 4.69) is 9.97 Å². The molecule has 1 aromatic carbocycles. The van der Waals surface area contributed by atoms with Crippen molar-refractivity contribution in [2.75, 3.05) is 6.61 Å². The highest BCUT2D eigenvalue weighted by Gasteiger charge is 2.15. The van der Waals surface area contributed by atoms with Crippen molar-refractivity contribution in [3.63, 3.8) is 0 Å². The number of esters is 1. The van der Waals surface area contributed by atoms with E-state index in [9.17, 15) is 9.90 Å². The van der Waals surface area contributed by atoms with Crippen molar-refractivity contribution in [1.29, 1.82) is 0 Å². The summed E-state index contributed by atoms with van der Waals surface area (Å²) in [6, 6.07) is 6.72. The molecule has 21 heavy (non-hydrogen) atoms. The maximum atomic E-state index is 11.9. The molecule has 1 aromatic heterocycles. The van der Waals surface area contributed by atoms with Crippen molar-refractivity contribution in [3.8, 4) is 17.1 Å². The Bertz CT molecular complexity index is 641. The summed E-state index contributed by atoms with van der Waals surface area (Å²) in [4.78, 5) is 20.6. The molecule has 0 bridgehead atoms. The van der Waals surface area contributed by atoms with Crippen molar-refractivity contribution in [3.05, 3.63) is 41.7 Å². The average molecular weight is 286 g/mol. The molecular weight excluding hydrogens is 268 g/mol. The van der Waals surface area contributed by atoms with Crippen LogP contribution in [0.15, 0.2) is 30.5 Å². The number of aryl methyl sites for hydroxylation is 1. The molecule has 5 nitrogen and oxygen atoms in total. The second-order valence-electron chi connectivity index (χ2n) is 4.57. The average Bonchev–Trinajstić information content (AvgIpc) is 2.48. The molecule has 0 spiro atoms. The number of hydrogen-bond donors (Lipinski definition) is 1. The van der Waals surface area contributed by atoms with Crippen LogP contribution >= 0.6 is 0 Å². The van der Waals surface area contributed by atoms with Crippen LogP contribution in [0.2, 0.25) is 0 Å². The SMILES string of the molecule is CCCc1nc(-c2cccc(O)c2)ncc1C(=O)OCC. The summed E-state index contributed by atoms with van der Waals surface area (Å²) in [6.45, 7) is 4.10. The second-order valence-corrected chi connectivity index (χ2v) is 4.57. The molecule has 0 saturated carbocycles. The third kappa shape index (κ3) is 3.56. The molecule has 0 aliphatic carbocycles. The van der Waals surface area contributed by atoms with Gasteiger partial charge in [0.25, 0.3) is 0 Å². The molecule has 110 valence electrons. The van der Waals surface area contributed by atoms with E-state index in [1.807, 2.05) is 13.0 Å². The standard InChI is InChI=1S/C16H18N2O3/c1-3-6-14-13(16(20)21-4-2)10-17-15(18-14)11-7-5-8-12(19)9-11/h5,7-10,19H,3-4,6H2,1-2H3. The molecule has 0 aliphatic rings. The van der Waals surface area contributed by atoms with E-state index in [1.165, 1.54) is 6.20 Å². The van der Waals surface area contributed by atoms with Crippen LogP contribution in [0, 0.1) is 0 Å². The van der Waals surface area contributed by atoms with Crippen LogP contribution in [0.4, 0.5) is 0 Å². The molecule has 2 rings (SSSR count). The third-order valence-electron chi connectivity index (χ3n) is 2.95. The van der Waals surface area contributed by atoms with E-state index >= 15 is 0 Å². The van der Waals surface area contributed by atoms with Gasteiger partial charge in [0, 0.05) is 11.8 Å². The quantitative estimate of drug-likeness (QED) is 0.855. The monoisotopic (exact) mass is 286 g/mol. The van der Waals surface area contributed by atoms with Crippen LogP contribution in [0.5, 0.6) is 5.75 Å². The molecule has 5 heteroatoms. The van der Waals surface area contributed by atoms with E-state index < -0.39 is 5.97 Å². The Balaban J connectivity index is 2.42. The summed E-state index contributed by atoms with van der Waals surface area (Å²) in [6.07, 6.45) is 3.03. The highest BCUT2D eigenvalue weighted by atomic mass is 16.5. The van der Waals surface area contributed by atoms with Gasteiger partial charge in [0.15, 0.2) is 5.82 Å². The largest absolute Gasteiger partial charge is 0.508 e.